The Hall–Kier alpha value is -2.88. The Morgan fingerprint density at radius 3 is 2.74 bits per heavy atom. The van der Waals surface area contributed by atoms with Crippen molar-refractivity contribution in [1.29, 1.82) is 0 Å². The van der Waals surface area contributed by atoms with Gasteiger partial charge in [-0.15, -0.1) is 5.10 Å². The van der Waals surface area contributed by atoms with Gasteiger partial charge in [0, 0.05) is 26.9 Å². The van der Waals surface area contributed by atoms with Crippen molar-refractivity contribution in [2.75, 3.05) is 43.7 Å². The van der Waals surface area contributed by atoms with Crippen molar-refractivity contribution in [2.45, 2.75) is 12.1 Å². The van der Waals surface area contributed by atoms with Crippen LogP contribution < -0.4 is 15.0 Å². The summed E-state index contributed by atoms with van der Waals surface area (Å²) < 4.78 is 7.33. The number of hydrogen-bond donors (Lipinski definition) is 1. The fourth-order valence-corrected chi connectivity index (χ4v) is 2.80. The summed E-state index contributed by atoms with van der Waals surface area (Å²) in [4.78, 5) is 19.1. The van der Waals surface area contributed by atoms with Crippen LogP contribution in [0.15, 0.2) is 35.7 Å². The van der Waals surface area contributed by atoms with E-state index in [9.17, 15) is 0 Å². The smallest absolute Gasteiger partial charge is 0.258 e. The van der Waals surface area contributed by atoms with E-state index in [0.29, 0.717) is 29.6 Å². The summed E-state index contributed by atoms with van der Waals surface area (Å²) in [6.45, 7) is 2.60. The molecule has 3 aromatic rings. The third kappa shape index (κ3) is 4.85. The van der Waals surface area contributed by atoms with Gasteiger partial charge in [0.15, 0.2) is 0 Å². The molecule has 2 heterocycles. The minimum absolute atomic E-state index is 0.411. The molecule has 3 rings (SSSR count). The molecule has 0 radical (unpaired) electrons. The maximum absolute atomic E-state index is 5.79. The Labute approximate surface area is 162 Å². The van der Waals surface area contributed by atoms with E-state index in [-0.39, 0.29) is 0 Å². The molecule has 0 unspecified atom stereocenters. The number of aryl methyl sites for hydroxylation is 1. The Morgan fingerprint density at radius 1 is 1.19 bits per heavy atom. The first kappa shape index (κ1) is 18.9. The summed E-state index contributed by atoms with van der Waals surface area (Å²) >= 11 is 1.52. The van der Waals surface area contributed by atoms with Gasteiger partial charge in [0.2, 0.25) is 17.1 Å². The number of para-hydroxylation sites is 1. The van der Waals surface area contributed by atoms with Crippen molar-refractivity contribution in [3.05, 3.63) is 36.2 Å². The summed E-state index contributed by atoms with van der Waals surface area (Å²) in [6.07, 6.45) is 1.60. The van der Waals surface area contributed by atoms with Crippen LogP contribution in [0.25, 0.3) is 5.95 Å². The van der Waals surface area contributed by atoms with E-state index in [0.717, 1.165) is 17.1 Å². The highest BCUT2D eigenvalue weighted by Crippen LogP contribution is 2.18. The molecule has 0 atom stereocenters. The molecule has 10 heteroatoms. The van der Waals surface area contributed by atoms with Crippen LogP contribution in [0.4, 0.5) is 11.9 Å². The predicted molar refractivity (Wildman–Crippen MR) is 106 cm³/mol. The molecule has 2 aromatic heterocycles. The second-order valence-corrected chi connectivity index (χ2v) is 6.90. The average Bonchev–Trinajstić information content (AvgIpc) is 3.15. The van der Waals surface area contributed by atoms with Crippen molar-refractivity contribution >= 4 is 23.7 Å². The first-order chi connectivity index (χ1) is 13.1. The molecular weight excluding hydrogens is 364 g/mol. The van der Waals surface area contributed by atoms with E-state index in [1.807, 2.05) is 50.2 Å². The van der Waals surface area contributed by atoms with Gasteiger partial charge in [0.1, 0.15) is 12.1 Å². The quantitative estimate of drug-likeness (QED) is 0.461. The molecule has 0 aliphatic heterocycles. The lowest BCUT2D eigenvalue weighted by atomic mass is 10.2. The molecule has 0 fully saturated rings. The van der Waals surface area contributed by atoms with Gasteiger partial charge >= 0.3 is 0 Å². The van der Waals surface area contributed by atoms with Crippen LogP contribution in [0.3, 0.4) is 0 Å². The third-order valence-electron chi connectivity index (χ3n) is 3.58. The van der Waals surface area contributed by atoms with E-state index >= 15 is 0 Å². The Bertz CT molecular complexity index is 898. The maximum Gasteiger partial charge on any atom is 0.258 e. The van der Waals surface area contributed by atoms with Gasteiger partial charge in [-0.25, -0.2) is 4.98 Å². The number of rotatable bonds is 8. The lowest BCUT2D eigenvalue weighted by Crippen LogP contribution is -2.17. The van der Waals surface area contributed by atoms with Crippen LogP contribution in [0.1, 0.15) is 5.56 Å². The minimum atomic E-state index is 0.411. The maximum atomic E-state index is 5.79. The molecule has 0 saturated heterocycles. The first-order valence-corrected chi connectivity index (χ1v) is 9.40. The third-order valence-corrected chi connectivity index (χ3v) is 4.39. The van der Waals surface area contributed by atoms with Crippen LogP contribution in [0, 0.1) is 6.92 Å². The van der Waals surface area contributed by atoms with E-state index in [1.165, 1.54) is 11.8 Å². The van der Waals surface area contributed by atoms with Gasteiger partial charge in [0.05, 0.1) is 6.61 Å². The lowest BCUT2D eigenvalue weighted by Gasteiger charge is -2.11. The molecule has 0 amide bonds. The zero-order chi connectivity index (χ0) is 19.2. The zero-order valence-corrected chi connectivity index (χ0v) is 16.6. The highest BCUT2D eigenvalue weighted by Gasteiger charge is 2.11. The molecule has 0 bridgehead atoms. The standard InChI is InChI=1S/C17H22N8OS/c1-12-7-5-6-8-13(12)26-9-10-27-17-19-11-25(23-17)16-21-14(18-2)20-15(22-16)24(3)4/h5-8,11H,9-10H2,1-4H3,(H,18,20,21,22). The second-order valence-electron chi connectivity index (χ2n) is 5.84. The highest BCUT2D eigenvalue weighted by atomic mass is 32.2. The van der Waals surface area contributed by atoms with E-state index < -0.39 is 0 Å². The zero-order valence-electron chi connectivity index (χ0n) is 15.7. The number of thioether (sulfide) groups is 1. The van der Waals surface area contributed by atoms with E-state index in [2.05, 4.69) is 30.4 Å². The minimum Gasteiger partial charge on any atom is -0.492 e. The molecule has 142 valence electrons. The number of aromatic nitrogens is 6. The Balaban J connectivity index is 1.61. The van der Waals surface area contributed by atoms with Gasteiger partial charge in [0.25, 0.3) is 5.95 Å². The Morgan fingerprint density at radius 2 is 2.00 bits per heavy atom. The highest BCUT2D eigenvalue weighted by molar-refractivity contribution is 7.99. The van der Waals surface area contributed by atoms with Gasteiger partial charge < -0.3 is 15.0 Å². The molecular formula is C17H22N8OS. The molecule has 1 aromatic carbocycles. The number of nitrogens with zero attached hydrogens (tertiary/aromatic N) is 7. The van der Waals surface area contributed by atoms with Gasteiger partial charge in [-0.1, -0.05) is 30.0 Å². The predicted octanol–water partition coefficient (Wildman–Crippen LogP) is 2.04. The molecule has 27 heavy (non-hydrogen) atoms. The van der Waals surface area contributed by atoms with Gasteiger partial charge in [-0.3, -0.25) is 0 Å². The summed E-state index contributed by atoms with van der Waals surface area (Å²) in [6, 6.07) is 7.96. The number of ether oxygens (including phenoxy) is 1. The van der Waals surface area contributed by atoms with Gasteiger partial charge in [-0.05, 0) is 18.6 Å². The van der Waals surface area contributed by atoms with E-state index in [4.69, 9.17) is 4.74 Å². The SMILES string of the molecule is CNc1nc(N(C)C)nc(-n2cnc(SCCOc3ccccc3C)n2)n1. The topological polar surface area (TPSA) is 93.9 Å². The van der Waals surface area contributed by atoms with Crippen molar-refractivity contribution in [3.8, 4) is 11.7 Å². The number of hydrogen-bond acceptors (Lipinski definition) is 9. The van der Waals surface area contributed by atoms with Crippen molar-refractivity contribution in [1.82, 2.24) is 29.7 Å². The summed E-state index contributed by atoms with van der Waals surface area (Å²) in [5.74, 6) is 3.06. The van der Waals surface area contributed by atoms with Crippen LogP contribution in [0.5, 0.6) is 5.75 Å². The van der Waals surface area contributed by atoms with Crippen molar-refractivity contribution in [2.24, 2.45) is 0 Å². The van der Waals surface area contributed by atoms with Crippen LogP contribution >= 0.6 is 11.8 Å². The molecule has 0 spiro atoms. The molecule has 0 aliphatic rings. The monoisotopic (exact) mass is 386 g/mol. The number of nitrogens with one attached hydrogen (secondary N) is 1. The number of benzene rings is 1. The van der Waals surface area contributed by atoms with Crippen molar-refractivity contribution < 1.29 is 4.74 Å². The van der Waals surface area contributed by atoms with Crippen molar-refractivity contribution in [3.63, 3.8) is 0 Å². The van der Waals surface area contributed by atoms with Gasteiger partial charge in [-0.2, -0.15) is 19.6 Å². The average molecular weight is 386 g/mol. The van der Waals surface area contributed by atoms with Crippen LogP contribution in [-0.2, 0) is 0 Å². The summed E-state index contributed by atoms with van der Waals surface area (Å²) in [7, 11) is 5.50. The molecule has 0 aliphatic carbocycles. The summed E-state index contributed by atoms with van der Waals surface area (Å²) in [5, 5.41) is 8.00. The van der Waals surface area contributed by atoms with Crippen LogP contribution in [0.2, 0.25) is 0 Å². The largest absolute Gasteiger partial charge is 0.492 e. The number of anilines is 2. The molecule has 0 saturated carbocycles. The lowest BCUT2D eigenvalue weighted by molar-refractivity contribution is 0.341. The molecule has 9 nitrogen and oxygen atoms in total. The first-order valence-electron chi connectivity index (χ1n) is 8.41. The molecule has 1 N–H and O–H groups in total. The van der Waals surface area contributed by atoms with E-state index in [1.54, 1.807) is 18.1 Å². The van der Waals surface area contributed by atoms with Crippen LogP contribution in [-0.4, -0.2) is 63.2 Å². The Kier molecular flexibility index (Phi) is 6.07. The fourth-order valence-electron chi connectivity index (χ4n) is 2.18. The normalized spacial score (nSPS) is 10.7. The second kappa shape index (κ2) is 8.67. The fraction of sp³-hybridized carbons (Fsp3) is 0.353. The summed E-state index contributed by atoms with van der Waals surface area (Å²) in [5.41, 5.74) is 1.12.